The maximum absolute atomic E-state index is 5.30. The summed E-state index contributed by atoms with van der Waals surface area (Å²) in [4.78, 5) is 2.70. The number of hydrogen-bond donors (Lipinski definition) is 1. The largest absolute Gasteiger partial charge is 0.311 e. The molecule has 2 fully saturated rings. The van der Waals surface area contributed by atoms with Crippen LogP contribution in [0.5, 0.6) is 0 Å². The highest BCUT2D eigenvalue weighted by Gasteiger charge is 2.36. The van der Waals surface area contributed by atoms with Gasteiger partial charge in [0.2, 0.25) is 0 Å². The normalized spacial score (nSPS) is 30.1. The Hall–Kier alpha value is -0.520. The van der Waals surface area contributed by atoms with Crippen LogP contribution in [0.25, 0.3) is 0 Å². The van der Waals surface area contributed by atoms with Crippen molar-refractivity contribution >= 4 is 0 Å². The second kappa shape index (κ2) is 6.42. The van der Waals surface area contributed by atoms with Crippen LogP contribution in [-0.4, -0.2) is 36.6 Å². The smallest absolute Gasteiger partial charge is 0.0224 e. The van der Waals surface area contributed by atoms with Crippen LogP contribution < -0.4 is 5.32 Å². The molecule has 17 heavy (non-hydrogen) atoms. The molecule has 0 aromatic carbocycles. The van der Waals surface area contributed by atoms with E-state index >= 15 is 0 Å². The van der Waals surface area contributed by atoms with Gasteiger partial charge in [-0.15, -0.1) is 12.3 Å². The molecule has 2 nitrogen and oxygen atoms in total. The molecule has 96 valence electrons. The van der Waals surface area contributed by atoms with Crippen LogP contribution in [0.4, 0.5) is 0 Å². The molecule has 1 aliphatic carbocycles. The van der Waals surface area contributed by atoms with Crippen LogP contribution in [0.2, 0.25) is 0 Å². The molecule has 0 aromatic heterocycles. The maximum atomic E-state index is 5.30. The summed E-state index contributed by atoms with van der Waals surface area (Å²) < 4.78 is 0. The first-order chi connectivity index (χ1) is 8.35. The summed E-state index contributed by atoms with van der Waals surface area (Å²) in [5.74, 6) is 3.71. The minimum Gasteiger partial charge on any atom is -0.311 e. The van der Waals surface area contributed by atoms with Gasteiger partial charge in [-0.1, -0.05) is 6.92 Å². The van der Waals surface area contributed by atoms with Crippen LogP contribution in [-0.2, 0) is 0 Å². The molecule has 2 atom stereocenters. The molecule has 0 aromatic rings. The number of rotatable bonds is 6. The molecule has 0 bridgehead atoms. The van der Waals surface area contributed by atoms with Crippen LogP contribution in [0.3, 0.4) is 0 Å². The van der Waals surface area contributed by atoms with Gasteiger partial charge in [-0.05, 0) is 44.6 Å². The Kier molecular flexibility index (Phi) is 4.88. The number of piperazine rings is 1. The van der Waals surface area contributed by atoms with Gasteiger partial charge < -0.3 is 5.32 Å². The average molecular weight is 234 g/mol. The third-order valence-corrected chi connectivity index (χ3v) is 4.24. The molecule has 2 heteroatoms. The number of nitrogens with zero attached hydrogens (tertiary/aromatic N) is 1. The van der Waals surface area contributed by atoms with Crippen LogP contribution in [0.1, 0.15) is 45.4 Å². The van der Waals surface area contributed by atoms with Crippen molar-refractivity contribution in [2.75, 3.05) is 19.6 Å². The van der Waals surface area contributed by atoms with E-state index in [0.717, 1.165) is 24.4 Å². The van der Waals surface area contributed by atoms with Gasteiger partial charge in [0, 0.05) is 31.6 Å². The predicted octanol–water partition coefficient (Wildman–Crippen LogP) is 2.25. The van der Waals surface area contributed by atoms with Gasteiger partial charge in [-0.2, -0.15) is 0 Å². The highest BCUT2D eigenvalue weighted by atomic mass is 15.2. The molecule has 2 rings (SSSR count). The van der Waals surface area contributed by atoms with Crippen LogP contribution in [0, 0.1) is 18.3 Å². The summed E-state index contributed by atoms with van der Waals surface area (Å²) in [6, 6.07) is 1.52. The average Bonchev–Trinajstić information content (AvgIpc) is 3.18. The summed E-state index contributed by atoms with van der Waals surface area (Å²) in [5.41, 5.74) is 0. The monoisotopic (exact) mass is 234 g/mol. The SMILES string of the molecule is C#CCCCCN1CC(C2CC2)NCC1CC. The van der Waals surface area contributed by atoms with Crippen LogP contribution in [0.15, 0.2) is 0 Å². The van der Waals surface area contributed by atoms with Gasteiger partial charge in [0.1, 0.15) is 0 Å². The molecular formula is C15H26N2. The Morgan fingerprint density at radius 3 is 2.82 bits per heavy atom. The number of nitrogens with one attached hydrogen (secondary N) is 1. The molecule has 1 N–H and O–H groups in total. The third-order valence-electron chi connectivity index (χ3n) is 4.24. The predicted molar refractivity (Wildman–Crippen MR) is 72.9 cm³/mol. The van der Waals surface area contributed by atoms with Crippen molar-refractivity contribution < 1.29 is 0 Å². The number of terminal acetylenes is 1. The van der Waals surface area contributed by atoms with Gasteiger partial charge >= 0.3 is 0 Å². The lowest BCUT2D eigenvalue weighted by atomic mass is 10.0. The standard InChI is InChI=1S/C15H26N2/c1-3-5-6-7-10-17-12-15(13-8-9-13)16-11-14(17)4-2/h1,13-16H,4-12H2,2H3. The van der Waals surface area contributed by atoms with E-state index in [4.69, 9.17) is 6.42 Å². The van der Waals surface area contributed by atoms with E-state index in [2.05, 4.69) is 23.1 Å². The Morgan fingerprint density at radius 1 is 1.35 bits per heavy atom. The lowest BCUT2D eigenvalue weighted by Crippen LogP contribution is -2.57. The highest BCUT2D eigenvalue weighted by molar-refractivity contribution is 4.94. The minimum atomic E-state index is 0.746. The summed E-state index contributed by atoms with van der Waals surface area (Å²) in [7, 11) is 0. The second-order valence-corrected chi connectivity index (χ2v) is 5.57. The summed E-state index contributed by atoms with van der Waals surface area (Å²) in [5, 5.41) is 3.74. The molecule has 1 saturated heterocycles. The quantitative estimate of drug-likeness (QED) is 0.560. The summed E-state index contributed by atoms with van der Waals surface area (Å²) in [6.07, 6.45) is 12.8. The zero-order valence-corrected chi connectivity index (χ0v) is 11.1. The van der Waals surface area contributed by atoms with E-state index < -0.39 is 0 Å². The lowest BCUT2D eigenvalue weighted by molar-refractivity contribution is 0.117. The highest BCUT2D eigenvalue weighted by Crippen LogP contribution is 2.34. The summed E-state index contributed by atoms with van der Waals surface area (Å²) >= 11 is 0. The topological polar surface area (TPSA) is 15.3 Å². The van der Waals surface area contributed by atoms with Gasteiger partial charge in [0.15, 0.2) is 0 Å². The lowest BCUT2D eigenvalue weighted by Gasteiger charge is -2.40. The molecular weight excluding hydrogens is 208 g/mol. The van der Waals surface area contributed by atoms with E-state index in [1.807, 2.05) is 0 Å². The molecule has 0 amide bonds. The van der Waals surface area contributed by atoms with Crippen molar-refractivity contribution in [3.63, 3.8) is 0 Å². The van der Waals surface area contributed by atoms with Gasteiger partial charge in [0.05, 0.1) is 0 Å². The molecule has 0 spiro atoms. The fourth-order valence-corrected chi connectivity index (χ4v) is 2.92. The van der Waals surface area contributed by atoms with E-state index in [9.17, 15) is 0 Å². The first-order valence-electron chi connectivity index (χ1n) is 7.26. The van der Waals surface area contributed by atoms with Crippen molar-refractivity contribution in [3.05, 3.63) is 0 Å². The third kappa shape index (κ3) is 3.72. The molecule has 2 unspecified atom stereocenters. The molecule has 0 radical (unpaired) electrons. The van der Waals surface area contributed by atoms with Gasteiger partial charge in [-0.3, -0.25) is 4.90 Å². The molecule has 1 saturated carbocycles. The van der Waals surface area contributed by atoms with Gasteiger partial charge in [-0.25, -0.2) is 0 Å². The maximum Gasteiger partial charge on any atom is 0.0224 e. The minimum absolute atomic E-state index is 0.746. The molecule has 1 heterocycles. The summed E-state index contributed by atoms with van der Waals surface area (Å²) in [6.45, 7) is 6.00. The zero-order valence-electron chi connectivity index (χ0n) is 11.1. The van der Waals surface area contributed by atoms with Crippen molar-refractivity contribution in [1.82, 2.24) is 10.2 Å². The molecule has 2 aliphatic rings. The fraction of sp³-hybridized carbons (Fsp3) is 0.867. The Balaban J connectivity index is 1.75. The Bertz CT molecular complexity index is 265. The van der Waals surface area contributed by atoms with E-state index in [1.165, 1.54) is 51.7 Å². The number of hydrogen-bond acceptors (Lipinski definition) is 2. The second-order valence-electron chi connectivity index (χ2n) is 5.57. The van der Waals surface area contributed by atoms with E-state index in [0.29, 0.717) is 0 Å². The van der Waals surface area contributed by atoms with Crippen molar-refractivity contribution in [3.8, 4) is 12.3 Å². The zero-order chi connectivity index (χ0) is 12.1. The molecule has 1 aliphatic heterocycles. The van der Waals surface area contributed by atoms with Crippen molar-refractivity contribution in [2.45, 2.75) is 57.5 Å². The van der Waals surface area contributed by atoms with E-state index in [-0.39, 0.29) is 0 Å². The van der Waals surface area contributed by atoms with E-state index in [1.54, 1.807) is 0 Å². The number of unbranched alkanes of at least 4 members (excludes halogenated alkanes) is 2. The fourth-order valence-electron chi connectivity index (χ4n) is 2.92. The van der Waals surface area contributed by atoms with Gasteiger partial charge in [0.25, 0.3) is 0 Å². The first kappa shape index (κ1) is 12.9. The van der Waals surface area contributed by atoms with Crippen molar-refractivity contribution in [1.29, 1.82) is 0 Å². The Labute approximate surface area is 106 Å². The first-order valence-corrected chi connectivity index (χ1v) is 7.26. The van der Waals surface area contributed by atoms with Crippen molar-refractivity contribution in [2.24, 2.45) is 5.92 Å². The van der Waals surface area contributed by atoms with Crippen LogP contribution >= 0.6 is 0 Å². The Morgan fingerprint density at radius 2 is 2.18 bits per heavy atom.